The Hall–Kier alpha value is -0.900. The molecule has 0 radical (unpaired) electrons. The molecule has 1 aromatic rings. The van der Waals surface area contributed by atoms with Crippen LogP contribution in [-0.4, -0.2) is 16.3 Å². The molecule has 1 aliphatic heterocycles. The van der Waals surface area contributed by atoms with E-state index in [9.17, 15) is 4.39 Å². The highest BCUT2D eigenvalue weighted by molar-refractivity contribution is 5.29. The molecule has 0 aliphatic carbocycles. The Morgan fingerprint density at radius 1 is 1.67 bits per heavy atom. The number of aryl methyl sites for hydroxylation is 1. The van der Waals surface area contributed by atoms with E-state index in [0.717, 1.165) is 17.0 Å². The fraction of sp³-hybridized carbons (Fsp3) is 0.625. The monoisotopic (exact) mass is 169 g/mol. The van der Waals surface area contributed by atoms with E-state index in [1.165, 1.54) is 0 Å². The quantitative estimate of drug-likeness (QED) is 0.623. The van der Waals surface area contributed by atoms with Gasteiger partial charge in [-0.25, -0.2) is 4.39 Å². The number of halogens is 1. The summed E-state index contributed by atoms with van der Waals surface area (Å²) < 4.78 is 15.1. The molecule has 2 rings (SSSR count). The van der Waals surface area contributed by atoms with Crippen LogP contribution in [0.4, 0.5) is 4.39 Å². The van der Waals surface area contributed by atoms with Gasteiger partial charge in [0.25, 0.3) is 0 Å². The molecule has 1 aliphatic rings. The van der Waals surface area contributed by atoms with Crippen molar-refractivity contribution < 1.29 is 4.39 Å². The Bertz CT molecular complexity index is 305. The molecule has 1 aromatic heterocycles. The molecule has 2 heterocycles. The van der Waals surface area contributed by atoms with Crippen LogP contribution in [0.1, 0.15) is 23.1 Å². The van der Waals surface area contributed by atoms with E-state index in [2.05, 4.69) is 10.4 Å². The number of fused-ring (bicyclic) bond motifs is 1. The summed E-state index contributed by atoms with van der Waals surface area (Å²) in [6.07, 6.45) is -0.887. The van der Waals surface area contributed by atoms with Gasteiger partial charge in [-0.2, -0.15) is 5.10 Å². The highest BCUT2D eigenvalue weighted by Crippen LogP contribution is 2.26. The third kappa shape index (κ3) is 0.948. The van der Waals surface area contributed by atoms with Crippen LogP contribution in [0.5, 0.6) is 0 Å². The summed E-state index contributed by atoms with van der Waals surface area (Å²) in [6.45, 7) is 3.01. The van der Waals surface area contributed by atoms with Crippen LogP contribution >= 0.6 is 0 Å². The minimum Gasteiger partial charge on any atom is -0.308 e. The van der Waals surface area contributed by atoms with Crippen molar-refractivity contribution >= 4 is 0 Å². The van der Waals surface area contributed by atoms with Crippen molar-refractivity contribution in [3.05, 3.63) is 17.0 Å². The number of alkyl halides is 1. The van der Waals surface area contributed by atoms with Gasteiger partial charge in [-0.1, -0.05) is 0 Å². The second kappa shape index (κ2) is 2.55. The molecular weight excluding hydrogens is 157 g/mol. The summed E-state index contributed by atoms with van der Waals surface area (Å²) in [5.74, 6) is 0. The smallest absolute Gasteiger partial charge is 0.141 e. The van der Waals surface area contributed by atoms with Crippen molar-refractivity contribution in [2.75, 3.05) is 6.54 Å². The number of nitrogens with one attached hydrogen (secondary N) is 1. The molecular formula is C8H12FN3. The normalized spacial score (nSPS) is 22.4. The SMILES string of the molecule is Cc1c2c(nn1C)CNCC2F. The Morgan fingerprint density at radius 2 is 2.42 bits per heavy atom. The van der Waals surface area contributed by atoms with E-state index in [1.807, 2.05) is 14.0 Å². The third-order valence-electron chi connectivity index (χ3n) is 2.39. The van der Waals surface area contributed by atoms with E-state index in [4.69, 9.17) is 0 Å². The standard InChI is InChI=1S/C8H12FN3/c1-5-8-6(9)3-10-4-7(8)11-12(5)2/h6,10H,3-4H2,1-2H3. The van der Waals surface area contributed by atoms with Crippen molar-refractivity contribution in [1.82, 2.24) is 15.1 Å². The largest absolute Gasteiger partial charge is 0.308 e. The molecule has 0 saturated heterocycles. The van der Waals surface area contributed by atoms with Crippen LogP contribution in [-0.2, 0) is 13.6 Å². The zero-order chi connectivity index (χ0) is 8.72. The average Bonchev–Trinajstić information content (AvgIpc) is 2.29. The molecule has 0 aromatic carbocycles. The lowest BCUT2D eigenvalue weighted by Gasteiger charge is -2.16. The van der Waals surface area contributed by atoms with Crippen LogP contribution in [0.15, 0.2) is 0 Å². The van der Waals surface area contributed by atoms with Gasteiger partial charge >= 0.3 is 0 Å². The highest BCUT2D eigenvalue weighted by atomic mass is 19.1. The second-order valence-corrected chi connectivity index (χ2v) is 3.17. The Morgan fingerprint density at radius 3 is 3.08 bits per heavy atom. The first-order valence-corrected chi connectivity index (χ1v) is 4.07. The topological polar surface area (TPSA) is 29.9 Å². The van der Waals surface area contributed by atoms with Gasteiger partial charge in [-0.3, -0.25) is 4.68 Å². The summed E-state index contributed by atoms with van der Waals surface area (Å²) in [5.41, 5.74) is 2.59. The number of nitrogens with zero attached hydrogens (tertiary/aromatic N) is 2. The lowest BCUT2D eigenvalue weighted by molar-refractivity contribution is 0.309. The maximum atomic E-state index is 13.3. The molecule has 4 heteroatoms. The molecule has 0 fully saturated rings. The van der Waals surface area contributed by atoms with E-state index < -0.39 is 6.17 Å². The van der Waals surface area contributed by atoms with E-state index in [0.29, 0.717) is 13.1 Å². The third-order valence-corrected chi connectivity index (χ3v) is 2.39. The van der Waals surface area contributed by atoms with Gasteiger partial charge in [0.1, 0.15) is 6.17 Å². The van der Waals surface area contributed by atoms with Crippen molar-refractivity contribution in [1.29, 1.82) is 0 Å². The number of hydrogen-bond donors (Lipinski definition) is 1. The highest BCUT2D eigenvalue weighted by Gasteiger charge is 2.24. The van der Waals surface area contributed by atoms with Crippen molar-refractivity contribution in [2.24, 2.45) is 7.05 Å². The minimum absolute atomic E-state index is 0.416. The Kier molecular flexibility index (Phi) is 1.65. The van der Waals surface area contributed by atoms with Crippen molar-refractivity contribution in [3.63, 3.8) is 0 Å². The first-order valence-electron chi connectivity index (χ1n) is 4.07. The molecule has 0 saturated carbocycles. The van der Waals surface area contributed by atoms with Crippen LogP contribution in [0, 0.1) is 6.92 Å². The first kappa shape index (κ1) is 7.73. The fourth-order valence-electron chi connectivity index (χ4n) is 1.65. The molecule has 66 valence electrons. The van der Waals surface area contributed by atoms with E-state index in [1.54, 1.807) is 4.68 Å². The molecule has 1 N–H and O–H groups in total. The van der Waals surface area contributed by atoms with Crippen LogP contribution in [0.25, 0.3) is 0 Å². The minimum atomic E-state index is -0.887. The van der Waals surface area contributed by atoms with Gasteiger partial charge in [-0.05, 0) is 6.92 Å². The van der Waals surface area contributed by atoms with Crippen LogP contribution < -0.4 is 5.32 Å². The molecule has 12 heavy (non-hydrogen) atoms. The second-order valence-electron chi connectivity index (χ2n) is 3.17. The summed E-state index contributed by atoms with van der Waals surface area (Å²) in [6, 6.07) is 0. The van der Waals surface area contributed by atoms with Crippen LogP contribution in [0.3, 0.4) is 0 Å². The lowest BCUT2D eigenvalue weighted by Crippen LogP contribution is -2.25. The zero-order valence-corrected chi connectivity index (χ0v) is 7.26. The Balaban J connectivity index is 2.54. The number of hydrogen-bond acceptors (Lipinski definition) is 2. The average molecular weight is 169 g/mol. The maximum absolute atomic E-state index is 13.3. The summed E-state index contributed by atoms with van der Waals surface area (Å²) in [4.78, 5) is 0. The Labute approximate surface area is 70.6 Å². The summed E-state index contributed by atoms with van der Waals surface area (Å²) in [7, 11) is 1.85. The first-order chi connectivity index (χ1) is 5.70. The van der Waals surface area contributed by atoms with Gasteiger partial charge in [-0.15, -0.1) is 0 Å². The van der Waals surface area contributed by atoms with E-state index >= 15 is 0 Å². The molecule has 0 bridgehead atoms. The molecule has 0 amide bonds. The van der Waals surface area contributed by atoms with Gasteiger partial charge in [0, 0.05) is 31.4 Å². The predicted octanol–water partition coefficient (Wildman–Crippen LogP) is 0.842. The summed E-state index contributed by atoms with van der Waals surface area (Å²) >= 11 is 0. The number of rotatable bonds is 0. The molecule has 0 spiro atoms. The molecule has 1 atom stereocenters. The lowest BCUT2D eigenvalue weighted by atomic mass is 10.1. The van der Waals surface area contributed by atoms with Crippen molar-refractivity contribution in [3.8, 4) is 0 Å². The van der Waals surface area contributed by atoms with Gasteiger partial charge in [0.2, 0.25) is 0 Å². The van der Waals surface area contributed by atoms with Gasteiger partial charge < -0.3 is 5.32 Å². The van der Waals surface area contributed by atoms with Crippen molar-refractivity contribution in [2.45, 2.75) is 19.6 Å². The fourth-order valence-corrected chi connectivity index (χ4v) is 1.65. The zero-order valence-electron chi connectivity index (χ0n) is 7.26. The number of aromatic nitrogens is 2. The maximum Gasteiger partial charge on any atom is 0.141 e. The van der Waals surface area contributed by atoms with E-state index in [-0.39, 0.29) is 0 Å². The summed E-state index contributed by atoms with van der Waals surface area (Å²) in [5, 5.41) is 7.20. The van der Waals surface area contributed by atoms with Gasteiger partial charge in [0.15, 0.2) is 0 Å². The van der Waals surface area contributed by atoms with Crippen LogP contribution in [0.2, 0.25) is 0 Å². The predicted molar refractivity (Wildman–Crippen MR) is 43.5 cm³/mol. The molecule has 3 nitrogen and oxygen atoms in total. The molecule has 1 unspecified atom stereocenters. The van der Waals surface area contributed by atoms with Gasteiger partial charge in [0.05, 0.1) is 5.69 Å².